The van der Waals surface area contributed by atoms with E-state index in [4.69, 9.17) is 21.1 Å². The third kappa shape index (κ3) is 5.14. The molecule has 0 radical (unpaired) electrons. The van der Waals surface area contributed by atoms with Crippen molar-refractivity contribution in [3.63, 3.8) is 0 Å². The van der Waals surface area contributed by atoms with Gasteiger partial charge in [0.1, 0.15) is 0 Å². The number of nitrogens with zero attached hydrogens (tertiary/aromatic N) is 3. The van der Waals surface area contributed by atoms with Crippen LogP contribution in [-0.4, -0.2) is 72.4 Å². The lowest BCUT2D eigenvalue weighted by atomic mass is 10.1. The lowest BCUT2D eigenvalue weighted by molar-refractivity contribution is 0.0747. The fraction of sp³-hybridized carbons (Fsp3) is 0.435. The maximum atomic E-state index is 13.5. The van der Waals surface area contributed by atoms with Gasteiger partial charge in [0, 0.05) is 50.0 Å². The van der Waals surface area contributed by atoms with E-state index in [9.17, 15) is 13.2 Å². The Labute approximate surface area is 200 Å². The SMILES string of the molecule is CCS(=O)(=O)N(C)c1cc(OC)c(OC)cc1C(=O)N1CCN(c2cc(Cl)ccc2C)CC1. The van der Waals surface area contributed by atoms with Crippen LogP contribution >= 0.6 is 11.6 Å². The number of aryl methyl sites for hydroxylation is 1. The average molecular weight is 496 g/mol. The van der Waals surface area contributed by atoms with Crippen molar-refractivity contribution in [2.45, 2.75) is 13.8 Å². The summed E-state index contributed by atoms with van der Waals surface area (Å²) in [5.74, 6) is 0.360. The van der Waals surface area contributed by atoms with E-state index in [-0.39, 0.29) is 22.9 Å². The number of methoxy groups -OCH3 is 2. The number of rotatable bonds is 7. The predicted octanol–water partition coefficient (Wildman–Crippen LogP) is 3.41. The summed E-state index contributed by atoms with van der Waals surface area (Å²) in [6.45, 7) is 5.84. The van der Waals surface area contributed by atoms with E-state index in [1.54, 1.807) is 17.9 Å². The number of carbonyl (C=O) groups excluding carboxylic acids is 1. The van der Waals surface area contributed by atoms with Crippen LogP contribution in [-0.2, 0) is 10.0 Å². The molecule has 1 saturated heterocycles. The van der Waals surface area contributed by atoms with Crippen molar-refractivity contribution in [2.24, 2.45) is 0 Å². The van der Waals surface area contributed by atoms with Gasteiger partial charge in [-0.2, -0.15) is 0 Å². The second-order valence-corrected chi connectivity index (χ2v) is 10.5. The number of ether oxygens (including phenoxy) is 2. The fourth-order valence-electron chi connectivity index (χ4n) is 3.89. The maximum absolute atomic E-state index is 13.5. The fourth-order valence-corrected chi connectivity index (χ4v) is 4.89. The largest absolute Gasteiger partial charge is 0.493 e. The first-order chi connectivity index (χ1) is 15.6. The third-order valence-electron chi connectivity index (χ3n) is 5.93. The minimum atomic E-state index is -3.59. The van der Waals surface area contributed by atoms with Crippen LogP contribution in [0.4, 0.5) is 11.4 Å². The highest BCUT2D eigenvalue weighted by atomic mass is 35.5. The van der Waals surface area contributed by atoms with Crippen LogP contribution in [0.25, 0.3) is 0 Å². The summed E-state index contributed by atoms with van der Waals surface area (Å²) >= 11 is 6.18. The molecule has 33 heavy (non-hydrogen) atoms. The lowest BCUT2D eigenvalue weighted by Gasteiger charge is -2.37. The predicted molar refractivity (Wildman–Crippen MR) is 132 cm³/mol. The van der Waals surface area contributed by atoms with Crippen LogP contribution in [0, 0.1) is 6.92 Å². The Morgan fingerprint density at radius 1 is 1.06 bits per heavy atom. The van der Waals surface area contributed by atoms with Crippen LogP contribution in [0.5, 0.6) is 11.5 Å². The van der Waals surface area contributed by atoms with Crippen molar-refractivity contribution in [1.82, 2.24) is 4.90 Å². The number of amides is 1. The summed E-state index contributed by atoms with van der Waals surface area (Å²) in [5.41, 5.74) is 2.68. The molecule has 0 spiro atoms. The Morgan fingerprint density at radius 2 is 1.67 bits per heavy atom. The van der Waals surface area contributed by atoms with Gasteiger partial charge in [-0.3, -0.25) is 9.10 Å². The molecule has 10 heteroatoms. The average Bonchev–Trinajstić information content (AvgIpc) is 2.83. The summed E-state index contributed by atoms with van der Waals surface area (Å²) in [6, 6.07) is 8.86. The number of halogens is 1. The Kier molecular flexibility index (Phi) is 7.64. The first-order valence-electron chi connectivity index (χ1n) is 10.7. The lowest BCUT2D eigenvalue weighted by Crippen LogP contribution is -2.49. The van der Waals surface area contributed by atoms with E-state index in [0.717, 1.165) is 15.6 Å². The minimum absolute atomic E-state index is 0.0941. The highest BCUT2D eigenvalue weighted by Crippen LogP contribution is 2.37. The van der Waals surface area contributed by atoms with Crippen LogP contribution < -0.4 is 18.7 Å². The Balaban J connectivity index is 1.91. The van der Waals surface area contributed by atoms with Gasteiger partial charge in [-0.15, -0.1) is 0 Å². The van der Waals surface area contributed by atoms with Crippen molar-refractivity contribution in [2.75, 3.05) is 62.4 Å². The Bertz CT molecular complexity index is 1130. The van der Waals surface area contributed by atoms with E-state index in [2.05, 4.69) is 4.90 Å². The van der Waals surface area contributed by atoms with Gasteiger partial charge < -0.3 is 19.3 Å². The van der Waals surface area contributed by atoms with Gasteiger partial charge in [-0.05, 0) is 37.6 Å². The summed E-state index contributed by atoms with van der Waals surface area (Å²) in [6.07, 6.45) is 0. The van der Waals surface area contributed by atoms with Crippen LogP contribution in [0.2, 0.25) is 5.02 Å². The Morgan fingerprint density at radius 3 is 2.24 bits per heavy atom. The van der Waals surface area contributed by atoms with Gasteiger partial charge in [-0.1, -0.05) is 17.7 Å². The first-order valence-corrected chi connectivity index (χ1v) is 12.6. The Hall–Kier alpha value is -2.65. The van der Waals surface area contributed by atoms with Gasteiger partial charge in [0.15, 0.2) is 11.5 Å². The highest BCUT2D eigenvalue weighted by molar-refractivity contribution is 7.92. The van der Waals surface area contributed by atoms with E-state index >= 15 is 0 Å². The molecular formula is C23H30ClN3O5S. The van der Waals surface area contributed by atoms with E-state index in [0.29, 0.717) is 42.7 Å². The molecule has 1 fully saturated rings. The molecule has 1 heterocycles. The zero-order valence-electron chi connectivity index (χ0n) is 19.6. The van der Waals surface area contributed by atoms with Crippen LogP contribution in [0.3, 0.4) is 0 Å². The molecule has 0 N–H and O–H groups in total. The van der Waals surface area contributed by atoms with Gasteiger partial charge >= 0.3 is 0 Å². The number of hydrogen-bond acceptors (Lipinski definition) is 6. The number of carbonyl (C=O) groups is 1. The molecular weight excluding hydrogens is 466 g/mol. The molecule has 0 aromatic heterocycles. The van der Waals surface area contributed by atoms with E-state index < -0.39 is 10.0 Å². The normalized spacial score (nSPS) is 14.2. The molecule has 2 aromatic rings. The highest BCUT2D eigenvalue weighted by Gasteiger charge is 2.29. The zero-order valence-corrected chi connectivity index (χ0v) is 21.2. The number of hydrogen-bond donors (Lipinski definition) is 0. The number of piperazine rings is 1. The van der Waals surface area contributed by atoms with E-state index in [1.807, 2.05) is 25.1 Å². The van der Waals surface area contributed by atoms with Crippen molar-refractivity contribution in [1.29, 1.82) is 0 Å². The second-order valence-electron chi connectivity index (χ2n) is 7.80. The van der Waals surface area contributed by atoms with Crippen molar-refractivity contribution in [3.05, 3.63) is 46.5 Å². The molecule has 0 atom stereocenters. The second kappa shape index (κ2) is 10.1. The summed E-state index contributed by atoms with van der Waals surface area (Å²) in [4.78, 5) is 17.5. The molecule has 1 aliphatic heterocycles. The van der Waals surface area contributed by atoms with Crippen molar-refractivity contribution >= 4 is 38.9 Å². The molecule has 180 valence electrons. The molecule has 0 unspecified atom stereocenters. The zero-order chi connectivity index (χ0) is 24.3. The van der Waals surface area contributed by atoms with Gasteiger partial charge in [0.25, 0.3) is 5.91 Å². The van der Waals surface area contributed by atoms with Crippen LogP contribution in [0.1, 0.15) is 22.8 Å². The topological polar surface area (TPSA) is 79.4 Å². The van der Waals surface area contributed by atoms with Crippen molar-refractivity contribution in [3.8, 4) is 11.5 Å². The summed E-state index contributed by atoms with van der Waals surface area (Å²) < 4.78 is 37.0. The van der Waals surface area contributed by atoms with Crippen LogP contribution in [0.15, 0.2) is 30.3 Å². The van der Waals surface area contributed by atoms with Gasteiger partial charge in [-0.25, -0.2) is 8.42 Å². The molecule has 0 saturated carbocycles. The molecule has 1 aliphatic rings. The quantitative estimate of drug-likeness (QED) is 0.585. The summed E-state index contributed by atoms with van der Waals surface area (Å²) in [7, 11) is 0.794. The molecule has 3 rings (SSSR count). The molecule has 1 amide bonds. The molecule has 0 bridgehead atoms. The monoisotopic (exact) mass is 495 g/mol. The summed E-state index contributed by atoms with van der Waals surface area (Å²) in [5, 5.41) is 0.671. The molecule has 0 aliphatic carbocycles. The van der Waals surface area contributed by atoms with Gasteiger partial charge in [0.05, 0.1) is 31.2 Å². The number of sulfonamides is 1. The first kappa shape index (κ1) is 25.0. The minimum Gasteiger partial charge on any atom is -0.493 e. The molecule has 8 nitrogen and oxygen atoms in total. The maximum Gasteiger partial charge on any atom is 0.256 e. The van der Waals surface area contributed by atoms with E-state index in [1.165, 1.54) is 27.3 Å². The standard InChI is InChI=1S/C23H30ClN3O5S/c1-6-33(29,30)25(3)20-15-22(32-5)21(31-4)14-18(20)23(28)27-11-9-26(10-12-27)19-13-17(24)8-7-16(19)2/h7-8,13-15H,6,9-12H2,1-5H3. The number of benzene rings is 2. The third-order valence-corrected chi connectivity index (χ3v) is 7.93. The smallest absolute Gasteiger partial charge is 0.256 e. The van der Waals surface area contributed by atoms with Gasteiger partial charge in [0.2, 0.25) is 10.0 Å². The molecule has 2 aromatic carbocycles. The van der Waals surface area contributed by atoms with Crippen molar-refractivity contribution < 1.29 is 22.7 Å². The number of anilines is 2.